The third-order valence-corrected chi connectivity index (χ3v) is 3.18. The van der Waals surface area contributed by atoms with Gasteiger partial charge in [-0.25, -0.2) is 0 Å². The first kappa shape index (κ1) is 11.4. The van der Waals surface area contributed by atoms with Crippen molar-refractivity contribution in [1.82, 2.24) is 10.3 Å². The minimum atomic E-state index is 0.760. The fraction of sp³-hybridized carbons (Fsp3) is 0.615. The smallest absolute Gasteiger partial charge is 0.126 e. The molecule has 0 aromatic carbocycles. The van der Waals surface area contributed by atoms with E-state index in [2.05, 4.69) is 10.3 Å². The topological polar surface area (TPSA) is 34.2 Å². The van der Waals surface area contributed by atoms with E-state index < -0.39 is 0 Å². The summed E-state index contributed by atoms with van der Waals surface area (Å²) in [5, 5.41) is 3.13. The van der Waals surface area contributed by atoms with E-state index in [1.54, 1.807) is 6.20 Å². The predicted molar refractivity (Wildman–Crippen MR) is 64.5 cm³/mol. The molecule has 1 aromatic heterocycles. The number of hydrogen-bond acceptors (Lipinski definition) is 3. The van der Waals surface area contributed by atoms with Crippen LogP contribution >= 0.6 is 0 Å². The van der Waals surface area contributed by atoms with E-state index in [9.17, 15) is 0 Å². The fourth-order valence-corrected chi connectivity index (χ4v) is 2.26. The van der Waals surface area contributed by atoms with E-state index >= 15 is 0 Å². The first-order valence-electron chi connectivity index (χ1n) is 6.10. The van der Waals surface area contributed by atoms with Gasteiger partial charge in [-0.3, -0.25) is 4.98 Å². The first-order chi connectivity index (χ1) is 7.90. The SMILES string of the molecule is CNCc1cnccc1OCC1CCCC1. The molecule has 1 fully saturated rings. The number of pyridine rings is 1. The summed E-state index contributed by atoms with van der Waals surface area (Å²) in [7, 11) is 1.94. The van der Waals surface area contributed by atoms with Crippen molar-refractivity contribution in [2.75, 3.05) is 13.7 Å². The lowest BCUT2D eigenvalue weighted by Gasteiger charge is -2.14. The van der Waals surface area contributed by atoms with Gasteiger partial charge in [0.2, 0.25) is 0 Å². The Bertz CT molecular complexity index is 321. The summed E-state index contributed by atoms with van der Waals surface area (Å²) in [6.45, 7) is 1.68. The second kappa shape index (κ2) is 5.85. The average molecular weight is 220 g/mol. The van der Waals surface area contributed by atoms with Crippen molar-refractivity contribution in [3.63, 3.8) is 0 Å². The molecule has 0 atom stereocenters. The number of ether oxygens (including phenoxy) is 1. The average Bonchev–Trinajstić information content (AvgIpc) is 2.81. The van der Waals surface area contributed by atoms with E-state index in [1.807, 2.05) is 19.3 Å². The highest BCUT2D eigenvalue weighted by atomic mass is 16.5. The van der Waals surface area contributed by atoms with Crippen LogP contribution in [0.1, 0.15) is 31.2 Å². The number of rotatable bonds is 5. The molecule has 0 aliphatic heterocycles. The summed E-state index contributed by atoms with van der Waals surface area (Å²) < 4.78 is 5.89. The Morgan fingerprint density at radius 1 is 1.44 bits per heavy atom. The molecule has 88 valence electrons. The van der Waals surface area contributed by atoms with Crippen LogP contribution in [0.15, 0.2) is 18.5 Å². The molecule has 1 aliphatic rings. The largest absolute Gasteiger partial charge is 0.493 e. The third kappa shape index (κ3) is 2.95. The molecule has 1 heterocycles. The highest BCUT2D eigenvalue weighted by molar-refractivity contribution is 5.29. The number of nitrogens with one attached hydrogen (secondary N) is 1. The third-order valence-electron chi connectivity index (χ3n) is 3.18. The molecule has 1 aromatic rings. The molecular weight excluding hydrogens is 200 g/mol. The van der Waals surface area contributed by atoms with Crippen molar-refractivity contribution in [2.24, 2.45) is 5.92 Å². The molecule has 1 N–H and O–H groups in total. The molecule has 0 amide bonds. The molecule has 0 unspecified atom stereocenters. The van der Waals surface area contributed by atoms with Crippen LogP contribution in [0.3, 0.4) is 0 Å². The predicted octanol–water partition coefficient (Wildman–Crippen LogP) is 2.37. The van der Waals surface area contributed by atoms with Crippen molar-refractivity contribution in [1.29, 1.82) is 0 Å². The first-order valence-corrected chi connectivity index (χ1v) is 6.10. The van der Waals surface area contributed by atoms with Crippen LogP contribution in [0.25, 0.3) is 0 Å². The molecule has 0 radical (unpaired) electrons. The van der Waals surface area contributed by atoms with Crippen LogP contribution < -0.4 is 10.1 Å². The molecule has 0 bridgehead atoms. The van der Waals surface area contributed by atoms with Crippen LogP contribution in [0, 0.1) is 5.92 Å². The van der Waals surface area contributed by atoms with Gasteiger partial charge in [-0.2, -0.15) is 0 Å². The molecule has 3 heteroatoms. The summed E-state index contributed by atoms with van der Waals surface area (Å²) in [4.78, 5) is 4.12. The van der Waals surface area contributed by atoms with Crippen LogP contribution in [-0.2, 0) is 6.54 Å². The maximum Gasteiger partial charge on any atom is 0.126 e. The second-order valence-corrected chi connectivity index (χ2v) is 4.48. The Balaban J connectivity index is 1.91. The lowest BCUT2D eigenvalue weighted by Crippen LogP contribution is -2.12. The van der Waals surface area contributed by atoms with Crippen LogP contribution in [0.2, 0.25) is 0 Å². The normalized spacial score (nSPS) is 16.6. The summed E-state index contributed by atoms with van der Waals surface area (Å²) in [6, 6.07) is 1.96. The van der Waals surface area contributed by atoms with Gasteiger partial charge in [-0.05, 0) is 31.9 Å². The molecule has 16 heavy (non-hydrogen) atoms. The Kier molecular flexibility index (Phi) is 4.17. The Morgan fingerprint density at radius 3 is 3.00 bits per heavy atom. The summed E-state index contributed by atoms with van der Waals surface area (Å²) in [5.41, 5.74) is 1.14. The minimum Gasteiger partial charge on any atom is -0.493 e. The van der Waals surface area contributed by atoms with Gasteiger partial charge in [0.25, 0.3) is 0 Å². The maximum atomic E-state index is 5.89. The Hall–Kier alpha value is -1.09. The van der Waals surface area contributed by atoms with Crippen molar-refractivity contribution in [3.8, 4) is 5.75 Å². The van der Waals surface area contributed by atoms with Gasteiger partial charge in [-0.15, -0.1) is 0 Å². The highest BCUT2D eigenvalue weighted by Crippen LogP contribution is 2.26. The van der Waals surface area contributed by atoms with Gasteiger partial charge in [0.05, 0.1) is 6.61 Å². The Morgan fingerprint density at radius 2 is 2.25 bits per heavy atom. The van der Waals surface area contributed by atoms with Gasteiger partial charge in [0.15, 0.2) is 0 Å². The quantitative estimate of drug-likeness (QED) is 0.827. The van der Waals surface area contributed by atoms with Crippen molar-refractivity contribution in [3.05, 3.63) is 24.0 Å². The molecular formula is C13H20N2O. The molecule has 3 nitrogen and oxygen atoms in total. The molecule has 1 aliphatic carbocycles. The van der Waals surface area contributed by atoms with E-state index in [4.69, 9.17) is 4.74 Å². The number of aromatic nitrogens is 1. The summed E-state index contributed by atoms with van der Waals surface area (Å²) >= 11 is 0. The zero-order valence-electron chi connectivity index (χ0n) is 9.91. The number of nitrogens with zero attached hydrogens (tertiary/aromatic N) is 1. The van der Waals surface area contributed by atoms with Gasteiger partial charge < -0.3 is 10.1 Å². The maximum absolute atomic E-state index is 5.89. The van der Waals surface area contributed by atoms with Gasteiger partial charge in [0.1, 0.15) is 5.75 Å². The van der Waals surface area contributed by atoms with E-state index in [1.165, 1.54) is 25.7 Å². The second-order valence-electron chi connectivity index (χ2n) is 4.48. The Labute approximate surface area is 97.2 Å². The van der Waals surface area contributed by atoms with E-state index in [-0.39, 0.29) is 0 Å². The molecule has 0 saturated heterocycles. The zero-order chi connectivity index (χ0) is 11.2. The van der Waals surface area contributed by atoms with Crippen molar-refractivity contribution < 1.29 is 4.74 Å². The minimum absolute atomic E-state index is 0.760. The summed E-state index contributed by atoms with van der Waals surface area (Å²) in [6.07, 6.45) is 9.06. The monoisotopic (exact) mass is 220 g/mol. The van der Waals surface area contributed by atoms with Crippen LogP contribution in [0.4, 0.5) is 0 Å². The van der Waals surface area contributed by atoms with Crippen LogP contribution in [0.5, 0.6) is 5.75 Å². The van der Waals surface area contributed by atoms with Crippen molar-refractivity contribution >= 4 is 0 Å². The lowest BCUT2D eigenvalue weighted by molar-refractivity contribution is 0.249. The van der Waals surface area contributed by atoms with Gasteiger partial charge in [-0.1, -0.05) is 12.8 Å². The van der Waals surface area contributed by atoms with Gasteiger partial charge >= 0.3 is 0 Å². The molecule has 2 rings (SSSR count). The van der Waals surface area contributed by atoms with E-state index in [0.29, 0.717) is 0 Å². The summed E-state index contributed by atoms with van der Waals surface area (Å²) in [5.74, 6) is 1.74. The standard InChI is InChI=1S/C13H20N2O/c1-14-8-12-9-15-7-6-13(12)16-10-11-4-2-3-5-11/h6-7,9,11,14H,2-5,8,10H2,1H3. The fourth-order valence-electron chi connectivity index (χ4n) is 2.26. The van der Waals surface area contributed by atoms with Crippen LogP contribution in [-0.4, -0.2) is 18.6 Å². The zero-order valence-corrected chi connectivity index (χ0v) is 9.91. The van der Waals surface area contributed by atoms with Crippen molar-refractivity contribution in [2.45, 2.75) is 32.2 Å². The highest BCUT2D eigenvalue weighted by Gasteiger charge is 2.16. The molecule has 0 spiro atoms. The van der Waals surface area contributed by atoms with Gasteiger partial charge in [0, 0.05) is 24.5 Å². The van der Waals surface area contributed by atoms with E-state index in [0.717, 1.165) is 30.4 Å². The molecule has 1 saturated carbocycles. The number of hydrogen-bond donors (Lipinski definition) is 1. The lowest BCUT2D eigenvalue weighted by atomic mass is 10.1.